The van der Waals surface area contributed by atoms with Gasteiger partial charge in [-0.2, -0.15) is 0 Å². The SMILES string of the molecule is CN(C)CC(=O)N1[C@H](CO)[C@@H](c2ccccc2)C12CN(C(=O)c1cccc(F)c1)C2. The zero-order valence-corrected chi connectivity index (χ0v) is 17.2. The maximum absolute atomic E-state index is 13.6. The van der Waals surface area contributed by atoms with Crippen molar-refractivity contribution in [3.05, 3.63) is 71.5 Å². The number of halogens is 1. The van der Waals surface area contributed by atoms with Gasteiger partial charge >= 0.3 is 0 Å². The van der Waals surface area contributed by atoms with Crippen LogP contribution in [0.5, 0.6) is 0 Å². The van der Waals surface area contributed by atoms with Gasteiger partial charge < -0.3 is 19.8 Å². The number of rotatable bonds is 5. The maximum atomic E-state index is 13.6. The number of carbonyl (C=O) groups excluding carboxylic acids is 2. The Morgan fingerprint density at radius 2 is 1.83 bits per heavy atom. The second-order valence-corrected chi connectivity index (χ2v) is 8.41. The predicted molar refractivity (Wildman–Crippen MR) is 110 cm³/mol. The topological polar surface area (TPSA) is 64.1 Å². The summed E-state index contributed by atoms with van der Waals surface area (Å²) in [5.74, 6) is -0.833. The highest BCUT2D eigenvalue weighted by molar-refractivity contribution is 5.95. The van der Waals surface area contributed by atoms with Crippen molar-refractivity contribution in [2.45, 2.75) is 17.5 Å². The van der Waals surface area contributed by atoms with Crippen LogP contribution < -0.4 is 0 Å². The smallest absolute Gasteiger partial charge is 0.254 e. The molecule has 2 aromatic carbocycles. The normalized spacial score (nSPS) is 22.0. The maximum Gasteiger partial charge on any atom is 0.254 e. The third-order valence-corrected chi connectivity index (χ3v) is 6.13. The number of nitrogens with zero attached hydrogens (tertiary/aromatic N) is 3. The highest BCUT2D eigenvalue weighted by Gasteiger charge is 2.67. The van der Waals surface area contributed by atoms with E-state index in [9.17, 15) is 19.1 Å². The van der Waals surface area contributed by atoms with Crippen molar-refractivity contribution >= 4 is 11.8 Å². The van der Waals surface area contributed by atoms with Crippen molar-refractivity contribution in [3.63, 3.8) is 0 Å². The van der Waals surface area contributed by atoms with Gasteiger partial charge in [-0.05, 0) is 37.9 Å². The van der Waals surface area contributed by atoms with Gasteiger partial charge in [-0.15, -0.1) is 0 Å². The number of hydrogen-bond donors (Lipinski definition) is 1. The zero-order chi connectivity index (χ0) is 21.5. The van der Waals surface area contributed by atoms with E-state index in [4.69, 9.17) is 0 Å². The lowest BCUT2D eigenvalue weighted by atomic mass is 9.60. The van der Waals surface area contributed by atoms with Crippen LogP contribution in [0, 0.1) is 5.82 Å². The molecule has 0 unspecified atom stereocenters. The van der Waals surface area contributed by atoms with Gasteiger partial charge in [0.15, 0.2) is 0 Å². The minimum absolute atomic E-state index is 0.0635. The van der Waals surface area contributed by atoms with Gasteiger partial charge in [0.2, 0.25) is 5.91 Å². The average molecular weight is 411 g/mol. The monoisotopic (exact) mass is 411 g/mol. The van der Waals surface area contributed by atoms with Gasteiger partial charge in [-0.1, -0.05) is 36.4 Å². The molecular weight excluding hydrogens is 385 g/mol. The number of aliphatic hydroxyl groups is 1. The van der Waals surface area contributed by atoms with Gasteiger partial charge in [0, 0.05) is 24.6 Å². The van der Waals surface area contributed by atoms with E-state index in [1.807, 2.05) is 44.4 Å². The predicted octanol–water partition coefficient (Wildman–Crippen LogP) is 1.57. The molecule has 0 aliphatic carbocycles. The van der Waals surface area contributed by atoms with E-state index >= 15 is 0 Å². The lowest BCUT2D eigenvalue weighted by molar-refractivity contribution is -0.194. The highest BCUT2D eigenvalue weighted by Crippen LogP contribution is 2.54. The molecule has 0 saturated carbocycles. The first-order valence-corrected chi connectivity index (χ1v) is 10.0. The minimum atomic E-state index is -0.551. The highest BCUT2D eigenvalue weighted by atomic mass is 19.1. The van der Waals surface area contributed by atoms with E-state index in [0.717, 1.165) is 5.56 Å². The fraction of sp³-hybridized carbons (Fsp3) is 0.391. The van der Waals surface area contributed by atoms with Crippen LogP contribution in [0.4, 0.5) is 4.39 Å². The van der Waals surface area contributed by atoms with Crippen LogP contribution in [0.15, 0.2) is 54.6 Å². The second kappa shape index (κ2) is 7.81. The molecule has 1 spiro atoms. The van der Waals surface area contributed by atoms with Crippen LogP contribution in [0.25, 0.3) is 0 Å². The van der Waals surface area contributed by atoms with Gasteiger partial charge in [-0.3, -0.25) is 9.59 Å². The summed E-state index contributed by atoms with van der Waals surface area (Å²) in [5.41, 5.74) is 0.791. The molecule has 2 saturated heterocycles. The first kappa shape index (κ1) is 20.5. The molecule has 1 N–H and O–H groups in total. The number of likely N-dealkylation sites (N-methyl/N-ethyl adjacent to an activating group) is 1. The van der Waals surface area contributed by atoms with E-state index in [2.05, 4.69) is 0 Å². The van der Waals surface area contributed by atoms with Gasteiger partial charge in [0.25, 0.3) is 5.91 Å². The molecule has 0 radical (unpaired) electrons. The molecule has 2 aromatic rings. The Labute approximate surface area is 175 Å². The number of carbonyl (C=O) groups is 2. The third-order valence-electron chi connectivity index (χ3n) is 6.13. The molecule has 2 amide bonds. The van der Waals surface area contributed by atoms with E-state index < -0.39 is 11.4 Å². The Kier molecular flexibility index (Phi) is 5.34. The van der Waals surface area contributed by atoms with Crippen LogP contribution in [0.1, 0.15) is 21.8 Å². The molecule has 4 rings (SSSR count). The Morgan fingerprint density at radius 3 is 2.43 bits per heavy atom. The molecular formula is C23H26FN3O3. The van der Waals surface area contributed by atoms with Crippen molar-refractivity contribution in [1.29, 1.82) is 0 Å². The summed E-state index contributed by atoms with van der Waals surface area (Å²) in [6.07, 6.45) is 0. The lowest BCUT2D eigenvalue weighted by Crippen LogP contribution is -2.86. The molecule has 0 aromatic heterocycles. The van der Waals surface area contributed by atoms with E-state index in [1.54, 1.807) is 20.8 Å². The number of benzene rings is 2. The molecule has 2 fully saturated rings. The molecule has 6 nitrogen and oxygen atoms in total. The van der Waals surface area contributed by atoms with Crippen molar-refractivity contribution in [1.82, 2.24) is 14.7 Å². The Hall–Kier alpha value is -2.77. The van der Waals surface area contributed by atoms with E-state index in [-0.39, 0.29) is 36.9 Å². The summed E-state index contributed by atoms with van der Waals surface area (Å²) >= 11 is 0. The first-order valence-electron chi connectivity index (χ1n) is 10.0. The minimum Gasteiger partial charge on any atom is -0.394 e. The molecule has 2 aliphatic heterocycles. The van der Waals surface area contributed by atoms with E-state index in [1.165, 1.54) is 18.2 Å². The zero-order valence-electron chi connectivity index (χ0n) is 17.2. The summed E-state index contributed by atoms with van der Waals surface area (Å²) in [6, 6.07) is 15.1. The van der Waals surface area contributed by atoms with Crippen molar-refractivity contribution in [2.24, 2.45) is 0 Å². The number of likely N-dealkylation sites (tertiary alicyclic amines) is 2. The molecule has 158 valence electrons. The van der Waals surface area contributed by atoms with Crippen molar-refractivity contribution in [2.75, 3.05) is 40.3 Å². The number of hydrogen-bond acceptors (Lipinski definition) is 4. The average Bonchev–Trinajstić information content (AvgIpc) is 2.66. The molecule has 2 atom stereocenters. The summed E-state index contributed by atoms with van der Waals surface area (Å²) in [5, 5.41) is 10.1. The molecule has 0 bridgehead atoms. The van der Waals surface area contributed by atoms with Crippen molar-refractivity contribution in [3.8, 4) is 0 Å². The largest absolute Gasteiger partial charge is 0.394 e. The molecule has 7 heteroatoms. The Bertz CT molecular complexity index is 944. The van der Waals surface area contributed by atoms with Gasteiger partial charge in [-0.25, -0.2) is 4.39 Å². The van der Waals surface area contributed by atoms with Gasteiger partial charge in [0.1, 0.15) is 5.82 Å². The summed E-state index contributed by atoms with van der Waals surface area (Å²) in [4.78, 5) is 31.1. The Morgan fingerprint density at radius 1 is 1.13 bits per heavy atom. The summed E-state index contributed by atoms with van der Waals surface area (Å²) < 4.78 is 13.6. The second-order valence-electron chi connectivity index (χ2n) is 8.41. The van der Waals surface area contributed by atoms with Crippen molar-refractivity contribution < 1.29 is 19.1 Å². The fourth-order valence-corrected chi connectivity index (χ4v) is 4.98. The first-order chi connectivity index (χ1) is 14.4. The summed E-state index contributed by atoms with van der Waals surface area (Å²) in [7, 11) is 3.65. The molecule has 2 aliphatic rings. The number of aliphatic hydroxyl groups excluding tert-OH is 1. The van der Waals surface area contributed by atoms with Crippen LogP contribution in [-0.2, 0) is 4.79 Å². The molecule has 2 heterocycles. The third kappa shape index (κ3) is 3.28. The van der Waals surface area contributed by atoms with Crippen LogP contribution >= 0.6 is 0 Å². The standard InChI is InChI=1S/C23H26FN3O3/c1-25(2)12-20(29)27-19(13-28)21(16-7-4-3-5-8-16)23(27)14-26(15-23)22(30)17-9-6-10-18(24)11-17/h3-11,19,21,28H,12-15H2,1-2H3/t19-,21-/m1/s1. The Balaban J connectivity index is 1.62. The molecule has 30 heavy (non-hydrogen) atoms. The summed E-state index contributed by atoms with van der Waals surface area (Å²) in [6.45, 7) is 0.811. The number of amides is 2. The van der Waals surface area contributed by atoms with Crippen LogP contribution in [0.2, 0.25) is 0 Å². The van der Waals surface area contributed by atoms with Crippen LogP contribution in [-0.4, -0.2) is 83.5 Å². The van der Waals surface area contributed by atoms with E-state index in [0.29, 0.717) is 18.7 Å². The lowest BCUT2D eigenvalue weighted by Gasteiger charge is -2.70. The van der Waals surface area contributed by atoms with Crippen LogP contribution in [0.3, 0.4) is 0 Å². The van der Waals surface area contributed by atoms with Gasteiger partial charge in [0.05, 0.1) is 24.7 Å². The quantitative estimate of drug-likeness (QED) is 0.811. The fourth-order valence-electron chi connectivity index (χ4n) is 4.98.